The van der Waals surface area contributed by atoms with Crippen molar-refractivity contribution in [2.45, 2.75) is 84.2 Å². The van der Waals surface area contributed by atoms with E-state index in [1.807, 2.05) is 6.20 Å². The van der Waals surface area contributed by atoms with E-state index < -0.39 is 0 Å². The van der Waals surface area contributed by atoms with Gasteiger partial charge in [-0.2, -0.15) is 0 Å². The zero-order valence-electron chi connectivity index (χ0n) is 14.0. The first-order valence-corrected chi connectivity index (χ1v) is 9.08. The van der Waals surface area contributed by atoms with Gasteiger partial charge in [0.05, 0.1) is 0 Å². The van der Waals surface area contributed by atoms with Gasteiger partial charge >= 0.3 is 0 Å². The number of imidazole rings is 1. The zero-order chi connectivity index (χ0) is 14.9. The summed E-state index contributed by atoms with van der Waals surface area (Å²) in [5.74, 6) is 2.09. The quantitative estimate of drug-likeness (QED) is 0.817. The highest BCUT2D eigenvalue weighted by molar-refractivity contribution is 4.97. The predicted octanol–water partition coefficient (Wildman–Crippen LogP) is 4.17. The summed E-state index contributed by atoms with van der Waals surface area (Å²) in [4.78, 5) is 4.59. The van der Waals surface area contributed by atoms with Crippen LogP contribution in [0.2, 0.25) is 0 Å². The highest BCUT2D eigenvalue weighted by atomic mass is 15.1. The third kappa shape index (κ3) is 5.14. The Kier molecular flexibility index (Phi) is 7.28. The summed E-state index contributed by atoms with van der Waals surface area (Å²) >= 11 is 0. The summed E-state index contributed by atoms with van der Waals surface area (Å²) in [7, 11) is 0. The minimum atomic E-state index is 0.607. The van der Waals surface area contributed by atoms with Gasteiger partial charge in [0.25, 0.3) is 0 Å². The number of hydrogen-bond acceptors (Lipinski definition) is 2. The second-order valence-corrected chi connectivity index (χ2v) is 6.50. The molecule has 1 aliphatic rings. The van der Waals surface area contributed by atoms with Crippen LogP contribution >= 0.6 is 0 Å². The van der Waals surface area contributed by atoms with Crippen LogP contribution in [0, 0.1) is 5.92 Å². The van der Waals surface area contributed by atoms with Crippen molar-refractivity contribution in [1.82, 2.24) is 14.9 Å². The van der Waals surface area contributed by atoms with Crippen LogP contribution in [0.1, 0.15) is 71.0 Å². The van der Waals surface area contributed by atoms with Crippen molar-refractivity contribution in [3.8, 4) is 0 Å². The lowest BCUT2D eigenvalue weighted by Crippen LogP contribution is -2.39. The fourth-order valence-corrected chi connectivity index (χ4v) is 3.64. The van der Waals surface area contributed by atoms with Crippen LogP contribution in [0.4, 0.5) is 0 Å². The van der Waals surface area contributed by atoms with Gasteiger partial charge in [-0.25, -0.2) is 4.98 Å². The van der Waals surface area contributed by atoms with Gasteiger partial charge in [0.2, 0.25) is 0 Å². The largest absolute Gasteiger partial charge is 0.335 e. The van der Waals surface area contributed by atoms with Gasteiger partial charge in [0.1, 0.15) is 5.82 Å². The number of rotatable bonds is 7. The zero-order valence-corrected chi connectivity index (χ0v) is 14.0. The topological polar surface area (TPSA) is 29.9 Å². The van der Waals surface area contributed by atoms with Crippen molar-refractivity contribution in [2.24, 2.45) is 5.92 Å². The maximum Gasteiger partial charge on any atom is 0.110 e. The van der Waals surface area contributed by atoms with Crippen LogP contribution in [0.3, 0.4) is 0 Å². The summed E-state index contributed by atoms with van der Waals surface area (Å²) in [6.45, 7) is 6.62. The van der Waals surface area contributed by atoms with Crippen LogP contribution in [0.5, 0.6) is 0 Å². The van der Waals surface area contributed by atoms with Crippen LogP contribution in [-0.4, -0.2) is 22.1 Å². The first-order chi connectivity index (χ1) is 10.3. The SMILES string of the molecule is CCCNC(Cc1nccn1CC)C1CCCCCCC1. The van der Waals surface area contributed by atoms with Crippen molar-refractivity contribution >= 4 is 0 Å². The number of aromatic nitrogens is 2. The molecule has 2 rings (SSSR count). The smallest absolute Gasteiger partial charge is 0.110 e. The molecule has 0 aliphatic heterocycles. The normalized spacial score (nSPS) is 19.1. The maximum absolute atomic E-state index is 4.59. The van der Waals surface area contributed by atoms with Gasteiger partial charge in [0.15, 0.2) is 0 Å². The molecule has 0 amide bonds. The molecule has 0 radical (unpaired) electrons. The van der Waals surface area contributed by atoms with Crippen LogP contribution < -0.4 is 5.32 Å². The summed E-state index contributed by atoms with van der Waals surface area (Å²) in [5, 5.41) is 3.82. The lowest BCUT2D eigenvalue weighted by molar-refractivity contribution is 0.279. The summed E-state index contributed by atoms with van der Waals surface area (Å²) in [6.07, 6.45) is 16.3. The molecule has 1 saturated carbocycles. The standard InChI is InChI=1S/C18H33N3/c1-3-12-19-17(15-18-20-13-14-21(18)4-2)16-10-8-6-5-7-9-11-16/h13-14,16-17,19H,3-12,15H2,1-2H3. The molecule has 1 fully saturated rings. The van der Waals surface area contributed by atoms with Gasteiger partial charge in [-0.1, -0.05) is 39.0 Å². The second kappa shape index (κ2) is 9.24. The Labute approximate surface area is 130 Å². The molecule has 1 aliphatic carbocycles. The summed E-state index contributed by atoms with van der Waals surface area (Å²) < 4.78 is 2.30. The maximum atomic E-state index is 4.59. The average molecular weight is 291 g/mol. The van der Waals surface area contributed by atoms with Crippen molar-refractivity contribution < 1.29 is 0 Å². The highest BCUT2D eigenvalue weighted by Gasteiger charge is 2.23. The van der Waals surface area contributed by atoms with Gasteiger partial charge in [-0.3, -0.25) is 0 Å². The molecular weight excluding hydrogens is 258 g/mol. The number of nitrogens with one attached hydrogen (secondary N) is 1. The molecule has 0 spiro atoms. The molecule has 1 atom stereocenters. The first kappa shape index (κ1) is 16.5. The Morgan fingerprint density at radius 1 is 1.19 bits per heavy atom. The predicted molar refractivity (Wildman–Crippen MR) is 89.5 cm³/mol. The molecule has 1 aromatic heterocycles. The minimum absolute atomic E-state index is 0.607. The Balaban J connectivity index is 2.01. The fourth-order valence-electron chi connectivity index (χ4n) is 3.64. The summed E-state index contributed by atoms with van der Waals surface area (Å²) in [6, 6.07) is 0.607. The lowest BCUT2D eigenvalue weighted by Gasteiger charge is -2.29. The van der Waals surface area contributed by atoms with Gasteiger partial charge in [-0.15, -0.1) is 0 Å². The molecule has 3 nitrogen and oxygen atoms in total. The van der Waals surface area contributed by atoms with E-state index in [1.165, 1.54) is 57.2 Å². The molecule has 1 heterocycles. The first-order valence-electron chi connectivity index (χ1n) is 9.08. The molecule has 1 unspecified atom stereocenters. The summed E-state index contributed by atoms with van der Waals surface area (Å²) in [5.41, 5.74) is 0. The van der Waals surface area contributed by atoms with Crippen LogP contribution in [0.25, 0.3) is 0 Å². The minimum Gasteiger partial charge on any atom is -0.335 e. The third-order valence-corrected chi connectivity index (χ3v) is 4.92. The molecule has 0 saturated heterocycles. The second-order valence-electron chi connectivity index (χ2n) is 6.50. The van der Waals surface area contributed by atoms with Gasteiger partial charge < -0.3 is 9.88 Å². The Morgan fingerprint density at radius 2 is 1.90 bits per heavy atom. The fraction of sp³-hybridized carbons (Fsp3) is 0.833. The van der Waals surface area contributed by atoms with Crippen LogP contribution in [0.15, 0.2) is 12.4 Å². The molecule has 3 heteroatoms. The van der Waals surface area contributed by atoms with E-state index in [0.29, 0.717) is 6.04 Å². The molecule has 21 heavy (non-hydrogen) atoms. The van der Waals surface area contributed by atoms with E-state index in [-0.39, 0.29) is 0 Å². The van der Waals surface area contributed by atoms with E-state index >= 15 is 0 Å². The molecule has 0 aromatic carbocycles. The van der Waals surface area contributed by atoms with Gasteiger partial charge in [0, 0.05) is 31.4 Å². The molecule has 120 valence electrons. The monoisotopic (exact) mass is 291 g/mol. The Morgan fingerprint density at radius 3 is 2.57 bits per heavy atom. The Hall–Kier alpha value is -0.830. The van der Waals surface area contributed by atoms with E-state index in [4.69, 9.17) is 0 Å². The van der Waals surface area contributed by atoms with Crippen molar-refractivity contribution in [3.63, 3.8) is 0 Å². The molecule has 1 aromatic rings. The molecule has 0 bridgehead atoms. The van der Waals surface area contributed by atoms with Crippen molar-refractivity contribution in [1.29, 1.82) is 0 Å². The number of aryl methyl sites for hydroxylation is 1. The van der Waals surface area contributed by atoms with E-state index in [9.17, 15) is 0 Å². The lowest BCUT2D eigenvalue weighted by atomic mass is 9.84. The number of nitrogens with zero attached hydrogens (tertiary/aromatic N) is 2. The van der Waals surface area contributed by atoms with Gasteiger partial charge in [-0.05, 0) is 38.6 Å². The Bertz CT molecular complexity index is 378. The van der Waals surface area contributed by atoms with Crippen LogP contribution in [-0.2, 0) is 13.0 Å². The van der Waals surface area contributed by atoms with Crippen molar-refractivity contribution in [3.05, 3.63) is 18.2 Å². The molecular formula is C18H33N3. The average Bonchev–Trinajstić information content (AvgIpc) is 2.90. The third-order valence-electron chi connectivity index (χ3n) is 4.92. The van der Waals surface area contributed by atoms with E-state index in [0.717, 1.165) is 25.4 Å². The number of hydrogen-bond donors (Lipinski definition) is 1. The van der Waals surface area contributed by atoms with E-state index in [1.54, 1.807) is 0 Å². The van der Waals surface area contributed by atoms with E-state index in [2.05, 4.69) is 34.9 Å². The van der Waals surface area contributed by atoms with Crippen molar-refractivity contribution in [2.75, 3.05) is 6.54 Å². The molecule has 1 N–H and O–H groups in total. The highest BCUT2D eigenvalue weighted by Crippen LogP contribution is 2.26.